The Bertz CT molecular complexity index is 822. The number of nitrogens with zero attached hydrogens (tertiary/aromatic N) is 1. The molecule has 3 rings (SSSR count). The number of imide groups is 1. The van der Waals surface area contributed by atoms with Crippen molar-refractivity contribution >= 4 is 46.8 Å². The number of hydrogen-bond donors (Lipinski definition) is 0. The van der Waals surface area contributed by atoms with Crippen molar-refractivity contribution in [3.63, 3.8) is 0 Å². The molecule has 7 heteroatoms. The fraction of sp³-hybridized carbons (Fsp3) is 0.211. The number of esters is 1. The van der Waals surface area contributed by atoms with Crippen molar-refractivity contribution in [2.45, 2.75) is 17.7 Å². The Morgan fingerprint density at radius 3 is 2.46 bits per heavy atom. The Balaban J connectivity index is 1.55. The van der Waals surface area contributed by atoms with Crippen LogP contribution in [-0.2, 0) is 14.3 Å². The summed E-state index contributed by atoms with van der Waals surface area (Å²) >= 11 is 7.39. The van der Waals surface area contributed by atoms with Crippen LogP contribution in [0.1, 0.15) is 23.2 Å². The van der Waals surface area contributed by atoms with Gasteiger partial charge in [0.2, 0.25) is 11.8 Å². The van der Waals surface area contributed by atoms with E-state index in [9.17, 15) is 14.4 Å². The van der Waals surface area contributed by atoms with Gasteiger partial charge in [0.05, 0.1) is 11.3 Å². The zero-order valence-corrected chi connectivity index (χ0v) is 15.4. The first-order valence-electron chi connectivity index (χ1n) is 8.06. The number of carbonyl (C=O) groups is 3. The van der Waals surface area contributed by atoms with E-state index in [1.54, 1.807) is 30.0 Å². The molecule has 0 saturated carbocycles. The highest BCUT2D eigenvalue weighted by molar-refractivity contribution is 7.99. The Hall–Kier alpha value is -2.31. The van der Waals surface area contributed by atoms with Crippen LogP contribution in [0.2, 0.25) is 5.02 Å². The molecule has 1 aliphatic heterocycles. The fourth-order valence-electron chi connectivity index (χ4n) is 2.54. The molecule has 5 nitrogen and oxygen atoms in total. The van der Waals surface area contributed by atoms with Gasteiger partial charge in [0.15, 0.2) is 0 Å². The van der Waals surface area contributed by atoms with Crippen molar-refractivity contribution in [2.75, 3.05) is 17.3 Å². The lowest BCUT2D eigenvalue weighted by atomic mass is 10.2. The van der Waals surface area contributed by atoms with Gasteiger partial charge in [-0.1, -0.05) is 17.7 Å². The van der Waals surface area contributed by atoms with Crippen LogP contribution in [0.4, 0.5) is 5.69 Å². The van der Waals surface area contributed by atoms with E-state index in [0.29, 0.717) is 22.0 Å². The molecule has 0 atom stereocenters. The van der Waals surface area contributed by atoms with Crippen LogP contribution < -0.4 is 4.90 Å². The maximum atomic E-state index is 12.2. The van der Waals surface area contributed by atoms with E-state index in [0.717, 1.165) is 9.80 Å². The molecular formula is C19H16ClNO4S. The first-order valence-corrected chi connectivity index (χ1v) is 9.42. The van der Waals surface area contributed by atoms with Crippen molar-refractivity contribution < 1.29 is 19.1 Å². The maximum Gasteiger partial charge on any atom is 0.338 e. The second-order valence-electron chi connectivity index (χ2n) is 5.61. The lowest BCUT2D eigenvalue weighted by Crippen LogP contribution is -2.28. The first-order chi connectivity index (χ1) is 12.5. The van der Waals surface area contributed by atoms with Crippen molar-refractivity contribution in [1.82, 2.24) is 0 Å². The summed E-state index contributed by atoms with van der Waals surface area (Å²) in [4.78, 5) is 38.0. The minimum absolute atomic E-state index is 0.204. The summed E-state index contributed by atoms with van der Waals surface area (Å²) in [6.07, 6.45) is 0.408. The summed E-state index contributed by atoms with van der Waals surface area (Å²) in [6, 6.07) is 13.8. The van der Waals surface area contributed by atoms with Gasteiger partial charge in [0.25, 0.3) is 0 Å². The van der Waals surface area contributed by atoms with Crippen LogP contribution in [0.25, 0.3) is 0 Å². The topological polar surface area (TPSA) is 63.7 Å². The van der Waals surface area contributed by atoms with Crippen LogP contribution in [-0.4, -0.2) is 30.1 Å². The van der Waals surface area contributed by atoms with E-state index in [2.05, 4.69) is 0 Å². The van der Waals surface area contributed by atoms with E-state index in [4.69, 9.17) is 16.3 Å². The Morgan fingerprint density at radius 1 is 1.08 bits per heavy atom. The van der Waals surface area contributed by atoms with Crippen LogP contribution >= 0.6 is 23.4 Å². The Morgan fingerprint density at radius 2 is 1.77 bits per heavy atom. The molecule has 1 fully saturated rings. The molecule has 0 radical (unpaired) electrons. The fourth-order valence-corrected chi connectivity index (χ4v) is 3.40. The molecule has 2 amide bonds. The SMILES string of the molecule is O=C(OCCSc1ccc(Cl)cc1)c1cccc(N2C(=O)CCC2=O)c1. The van der Waals surface area contributed by atoms with E-state index in [-0.39, 0.29) is 31.3 Å². The first kappa shape index (κ1) is 18.5. The van der Waals surface area contributed by atoms with E-state index >= 15 is 0 Å². The van der Waals surface area contributed by atoms with Gasteiger partial charge in [-0.3, -0.25) is 14.5 Å². The standard InChI is InChI=1S/C19H16ClNO4S/c20-14-4-6-16(7-5-14)26-11-10-25-19(24)13-2-1-3-15(12-13)21-17(22)8-9-18(21)23/h1-7,12H,8-11H2. The Labute approximate surface area is 160 Å². The van der Waals surface area contributed by atoms with Gasteiger partial charge in [-0.15, -0.1) is 11.8 Å². The Kier molecular flexibility index (Phi) is 5.96. The molecule has 0 N–H and O–H groups in total. The average molecular weight is 390 g/mol. The maximum absolute atomic E-state index is 12.2. The minimum atomic E-state index is -0.484. The molecule has 2 aromatic rings. The molecular weight excluding hydrogens is 374 g/mol. The van der Waals surface area contributed by atoms with E-state index < -0.39 is 5.97 Å². The highest BCUT2D eigenvalue weighted by Gasteiger charge is 2.30. The quantitative estimate of drug-likeness (QED) is 0.324. The summed E-state index contributed by atoms with van der Waals surface area (Å²) in [5, 5.41) is 0.677. The number of carbonyl (C=O) groups excluding carboxylic acids is 3. The molecule has 0 bridgehead atoms. The van der Waals surface area contributed by atoms with Gasteiger partial charge in [-0.25, -0.2) is 4.79 Å². The molecule has 1 aliphatic rings. The number of anilines is 1. The second-order valence-corrected chi connectivity index (χ2v) is 7.22. The van der Waals surface area contributed by atoms with Crippen molar-refractivity contribution in [1.29, 1.82) is 0 Å². The van der Waals surface area contributed by atoms with E-state index in [1.807, 2.05) is 24.3 Å². The third-order valence-electron chi connectivity index (χ3n) is 3.79. The minimum Gasteiger partial charge on any atom is -0.461 e. The molecule has 0 spiro atoms. The number of rotatable bonds is 6. The number of benzene rings is 2. The number of ether oxygens (including phenoxy) is 1. The largest absolute Gasteiger partial charge is 0.461 e. The van der Waals surface area contributed by atoms with Gasteiger partial charge < -0.3 is 4.74 Å². The number of halogens is 1. The monoisotopic (exact) mass is 389 g/mol. The molecule has 1 heterocycles. The molecule has 0 aliphatic carbocycles. The van der Waals surface area contributed by atoms with Gasteiger partial charge >= 0.3 is 5.97 Å². The normalized spacial score (nSPS) is 14.0. The molecule has 0 unspecified atom stereocenters. The van der Waals surface area contributed by atoms with Crippen LogP contribution in [0.3, 0.4) is 0 Å². The predicted octanol–water partition coefficient (Wildman–Crippen LogP) is 3.94. The lowest BCUT2D eigenvalue weighted by molar-refractivity contribution is -0.121. The van der Waals surface area contributed by atoms with Crippen molar-refractivity contribution in [2.24, 2.45) is 0 Å². The average Bonchev–Trinajstić information content (AvgIpc) is 2.98. The van der Waals surface area contributed by atoms with Gasteiger partial charge in [-0.2, -0.15) is 0 Å². The van der Waals surface area contributed by atoms with Gasteiger partial charge in [-0.05, 0) is 42.5 Å². The van der Waals surface area contributed by atoms with Gasteiger partial charge in [0.1, 0.15) is 6.61 Å². The van der Waals surface area contributed by atoms with E-state index in [1.165, 1.54) is 6.07 Å². The highest BCUT2D eigenvalue weighted by atomic mass is 35.5. The number of amides is 2. The summed E-state index contributed by atoms with van der Waals surface area (Å²) in [7, 11) is 0. The van der Waals surface area contributed by atoms with Crippen molar-refractivity contribution in [3.8, 4) is 0 Å². The molecule has 2 aromatic carbocycles. The third-order valence-corrected chi connectivity index (χ3v) is 5.02. The van der Waals surface area contributed by atoms with Crippen LogP contribution in [0.15, 0.2) is 53.4 Å². The predicted molar refractivity (Wildman–Crippen MR) is 101 cm³/mol. The molecule has 0 aromatic heterocycles. The smallest absolute Gasteiger partial charge is 0.338 e. The third kappa shape index (κ3) is 4.45. The number of hydrogen-bond acceptors (Lipinski definition) is 5. The van der Waals surface area contributed by atoms with Crippen LogP contribution in [0, 0.1) is 0 Å². The summed E-state index contributed by atoms with van der Waals surface area (Å²) in [5.41, 5.74) is 0.717. The van der Waals surface area contributed by atoms with Crippen molar-refractivity contribution in [3.05, 3.63) is 59.1 Å². The highest BCUT2D eigenvalue weighted by Crippen LogP contribution is 2.24. The summed E-state index contributed by atoms with van der Waals surface area (Å²) < 4.78 is 5.27. The van der Waals surface area contributed by atoms with Crippen LogP contribution in [0.5, 0.6) is 0 Å². The van der Waals surface area contributed by atoms with Gasteiger partial charge in [0, 0.05) is 28.5 Å². The second kappa shape index (κ2) is 8.38. The lowest BCUT2D eigenvalue weighted by Gasteiger charge is -2.14. The summed E-state index contributed by atoms with van der Waals surface area (Å²) in [6.45, 7) is 0.248. The zero-order chi connectivity index (χ0) is 18.5. The number of thioether (sulfide) groups is 1. The molecule has 134 valence electrons. The molecule has 1 saturated heterocycles. The summed E-state index contributed by atoms with van der Waals surface area (Å²) in [5.74, 6) is -0.377. The molecule has 26 heavy (non-hydrogen) atoms. The zero-order valence-electron chi connectivity index (χ0n) is 13.8.